The lowest BCUT2D eigenvalue weighted by atomic mass is 9.80. The molecule has 188 valence electrons. The largest absolute Gasteiger partial charge is 0.395 e. The minimum absolute atomic E-state index is 0.0792. The number of benzene rings is 1. The second kappa shape index (κ2) is 9.44. The van der Waals surface area contributed by atoms with Crippen LogP contribution < -0.4 is 5.32 Å². The molecule has 3 saturated carbocycles. The number of rotatable bonds is 7. The number of hydrogen-bond donors (Lipinski definition) is 2. The normalized spacial score (nSPS) is 32.2. The molecule has 0 spiro atoms. The van der Waals surface area contributed by atoms with Crippen LogP contribution >= 0.6 is 15.9 Å². The third-order valence-corrected chi connectivity index (χ3v) is 9.60. The number of aliphatic hydroxyl groups excluding tert-OH is 1. The third-order valence-electron chi connectivity index (χ3n) is 9.16. The highest BCUT2D eigenvalue weighted by molar-refractivity contribution is 9.10. The summed E-state index contributed by atoms with van der Waals surface area (Å²) in [7, 11) is 0. The molecule has 1 saturated heterocycles. The average Bonchev–Trinajstić information content (AvgIpc) is 3.79. The number of halogens is 1. The summed E-state index contributed by atoms with van der Waals surface area (Å²) in [4.78, 5) is 22.2. The van der Waals surface area contributed by atoms with Crippen molar-refractivity contribution in [2.24, 2.45) is 17.8 Å². The van der Waals surface area contributed by atoms with E-state index in [1.54, 1.807) is 12.4 Å². The van der Waals surface area contributed by atoms with Crippen molar-refractivity contribution in [3.05, 3.63) is 58.3 Å². The number of pyridine rings is 1. The SMILES string of the molecule is N#Cc1cccc([C@]23CC[C@@H](N(CCN4C[C@@H]5C[C@@H]5[C@H]4CO)C(=O)Nc4cncc(Br)c4)CC2C3)c1. The van der Waals surface area contributed by atoms with Crippen molar-refractivity contribution in [1.82, 2.24) is 14.8 Å². The van der Waals surface area contributed by atoms with E-state index in [4.69, 9.17) is 0 Å². The first-order chi connectivity index (χ1) is 17.5. The van der Waals surface area contributed by atoms with Gasteiger partial charge in [-0.1, -0.05) is 12.1 Å². The zero-order valence-electron chi connectivity index (χ0n) is 20.3. The first-order valence-corrected chi connectivity index (χ1v) is 13.8. The summed E-state index contributed by atoms with van der Waals surface area (Å²) in [6.45, 7) is 2.68. The van der Waals surface area contributed by atoms with E-state index in [-0.39, 0.29) is 30.1 Å². The van der Waals surface area contributed by atoms with Crippen LogP contribution in [0.15, 0.2) is 47.2 Å². The van der Waals surface area contributed by atoms with Gasteiger partial charge in [-0.15, -0.1) is 0 Å². The number of fused-ring (bicyclic) bond motifs is 2. The third kappa shape index (κ3) is 4.42. The Bertz CT molecular complexity index is 1200. The number of urea groups is 1. The number of amides is 2. The lowest BCUT2D eigenvalue weighted by molar-refractivity contribution is 0.110. The molecule has 2 amide bonds. The van der Waals surface area contributed by atoms with Crippen molar-refractivity contribution >= 4 is 27.6 Å². The lowest BCUT2D eigenvalue weighted by Gasteiger charge is -2.38. The van der Waals surface area contributed by atoms with Gasteiger partial charge in [0.15, 0.2) is 0 Å². The molecule has 1 aromatic carbocycles. The number of aromatic nitrogens is 1. The fraction of sp³-hybridized carbons (Fsp3) is 0.536. The Balaban J connectivity index is 1.17. The Morgan fingerprint density at radius 3 is 3.00 bits per heavy atom. The van der Waals surface area contributed by atoms with E-state index >= 15 is 0 Å². The lowest BCUT2D eigenvalue weighted by Crippen LogP contribution is -2.49. The summed E-state index contributed by atoms with van der Waals surface area (Å²) in [6, 6.07) is 12.6. The molecule has 36 heavy (non-hydrogen) atoms. The summed E-state index contributed by atoms with van der Waals surface area (Å²) in [5.74, 6) is 1.90. The highest BCUT2D eigenvalue weighted by atomic mass is 79.9. The van der Waals surface area contributed by atoms with Gasteiger partial charge in [0.05, 0.1) is 30.1 Å². The molecule has 7 nitrogen and oxygen atoms in total. The number of carbonyl (C=O) groups is 1. The minimum atomic E-state index is -0.0792. The number of piperidine rings is 1. The van der Waals surface area contributed by atoms with Gasteiger partial charge in [0.2, 0.25) is 0 Å². The van der Waals surface area contributed by atoms with Crippen LogP contribution in [0.5, 0.6) is 0 Å². The molecule has 2 aromatic rings. The van der Waals surface area contributed by atoms with E-state index in [0.717, 1.165) is 54.7 Å². The standard InChI is InChI=1S/C28H32BrN5O2/c29-22-11-23(15-31-14-22)32-27(36)34(7-6-33-16-19-9-25(19)26(33)17-35)24-4-5-28(12-21(28)10-24)20-3-1-2-18(8-20)13-30/h1-3,8,11,14-15,19,21,24-26,35H,4-7,9-10,12,16-17H2,(H,32,36)/t19-,21?,24+,25-,26+,28+/m0/s1. The van der Waals surface area contributed by atoms with Gasteiger partial charge < -0.3 is 15.3 Å². The molecule has 0 bridgehead atoms. The smallest absolute Gasteiger partial charge is 0.322 e. The number of nitriles is 1. The average molecular weight is 551 g/mol. The minimum Gasteiger partial charge on any atom is -0.395 e. The molecular formula is C28H32BrN5O2. The summed E-state index contributed by atoms with van der Waals surface area (Å²) in [5, 5.41) is 22.3. The Kier molecular flexibility index (Phi) is 6.27. The molecule has 2 N–H and O–H groups in total. The van der Waals surface area contributed by atoms with E-state index in [0.29, 0.717) is 24.1 Å². The van der Waals surface area contributed by atoms with Crippen LogP contribution in [-0.4, -0.2) is 64.2 Å². The van der Waals surface area contributed by atoms with E-state index < -0.39 is 0 Å². The molecule has 4 fully saturated rings. The second-order valence-electron chi connectivity index (χ2n) is 11.1. The van der Waals surface area contributed by atoms with E-state index in [1.165, 1.54) is 12.0 Å². The van der Waals surface area contributed by atoms with Crippen molar-refractivity contribution in [1.29, 1.82) is 5.26 Å². The van der Waals surface area contributed by atoms with Crippen LogP contribution in [0.25, 0.3) is 0 Å². The number of carbonyl (C=O) groups excluding carboxylic acids is 1. The Morgan fingerprint density at radius 1 is 1.33 bits per heavy atom. The van der Waals surface area contributed by atoms with Gasteiger partial charge >= 0.3 is 6.03 Å². The number of nitrogens with one attached hydrogen (secondary N) is 1. The number of hydrogen-bond acceptors (Lipinski definition) is 5. The molecule has 6 atom stereocenters. The van der Waals surface area contributed by atoms with Crippen molar-refractivity contribution < 1.29 is 9.90 Å². The van der Waals surface area contributed by atoms with Gasteiger partial charge in [-0.25, -0.2) is 4.79 Å². The molecule has 8 heteroatoms. The topological polar surface area (TPSA) is 92.5 Å². The van der Waals surface area contributed by atoms with Gasteiger partial charge in [-0.3, -0.25) is 9.88 Å². The Morgan fingerprint density at radius 2 is 2.22 bits per heavy atom. The molecular weight excluding hydrogens is 518 g/mol. The van der Waals surface area contributed by atoms with Crippen LogP contribution in [0.2, 0.25) is 0 Å². The highest BCUT2D eigenvalue weighted by Crippen LogP contribution is 2.63. The van der Waals surface area contributed by atoms with Crippen LogP contribution in [0.4, 0.5) is 10.5 Å². The molecule has 1 aliphatic heterocycles. The van der Waals surface area contributed by atoms with Gasteiger partial charge in [0, 0.05) is 42.4 Å². The second-order valence-corrected chi connectivity index (χ2v) is 12.0. The Hall–Kier alpha value is -2.47. The first-order valence-electron chi connectivity index (χ1n) is 13.0. The van der Waals surface area contributed by atoms with Crippen LogP contribution in [0.1, 0.15) is 43.2 Å². The number of aliphatic hydroxyl groups is 1. The number of nitrogens with zero attached hydrogens (tertiary/aromatic N) is 4. The van der Waals surface area contributed by atoms with Crippen molar-refractivity contribution in [3.63, 3.8) is 0 Å². The fourth-order valence-electron chi connectivity index (χ4n) is 7.07. The molecule has 4 aliphatic rings. The van der Waals surface area contributed by atoms with Crippen LogP contribution in [-0.2, 0) is 5.41 Å². The van der Waals surface area contributed by atoms with Crippen molar-refractivity contribution in [2.45, 2.75) is 49.6 Å². The van der Waals surface area contributed by atoms with Gasteiger partial charge in [0.25, 0.3) is 0 Å². The van der Waals surface area contributed by atoms with Crippen molar-refractivity contribution in [2.75, 3.05) is 31.6 Å². The molecule has 2 heterocycles. The zero-order chi connectivity index (χ0) is 24.9. The maximum Gasteiger partial charge on any atom is 0.322 e. The summed E-state index contributed by atoms with van der Waals surface area (Å²) in [6.07, 6.45) is 8.71. The molecule has 1 unspecified atom stereocenters. The van der Waals surface area contributed by atoms with Gasteiger partial charge in [-0.2, -0.15) is 5.26 Å². The van der Waals surface area contributed by atoms with E-state index in [9.17, 15) is 15.2 Å². The van der Waals surface area contributed by atoms with Crippen LogP contribution in [0.3, 0.4) is 0 Å². The quantitative estimate of drug-likeness (QED) is 0.534. The summed E-state index contributed by atoms with van der Waals surface area (Å²) < 4.78 is 0.828. The van der Waals surface area contributed by atoms with E-state index in [2.05, 4.69) is 49.3 Å². The summed E-state index contributed by atoms with van der Waals surface area (Å²) >= 11 is 3.44. The predicted octanol–water partition coefficient (Wildman–Crippen LogP) is 4.37. The number of likely N-dealkylation sites (tertiary alicyclic amines) is 1. The molecule has 6 rings (SSSR count). The van der Waals surface area contributed by atoms with Crippen LogP contribution in [0, 0.1) is 29.1 Å². The van der Waals surface area contributed by atoms with Gasteiger partial charge in [0.1, 0.15) is 0 Å². The van der Waals surface area contributed by atoms with E-state index in [1.807, 2.05) is 23.1 Å². The van der Waals surface area contributed by atoms with Crippen molar-refractivity contribution in [3.8, 4) is 6.07 Å². The molecule has 3 aliphatic carbocycles. The zero-order valence-corrected chi connectivity index (χ0v) is 21.9. The predicted molar refractivity (Wildman–Crippen MR) is 140 cm³/mol. The maximum atomic E-state index is 13.6. The maximum absolute atomic E-state index is 13.6. The monoisotopic (exact) mass is 549 g/mol. The first kappa shape index (κ1) is 23.9. The van der Waals surface area contributed by atoms with Gasteiger partial charge in [-0.05, 0) is 95.0 Å². The summed E-state index contributed by atoms with van der Waals surface area (Å²) in [5.41, 5.74) is 2.85. The number of anilines is 1. The Labute approximate surface area is 220 Å². The fourth-order valence-corrected chi connectivity index (χ4v) is 7.44. The molecule has 0 radical (unpaired) electrons. The molecule has 1 aromatic heterocycles. The highest BCUT2D eigenvalue weighted by Gasteiger charge is 2.58.